The highest BCUT2D eigenvalue weighted by Gasteiger charge is 2.25. The second kappa shape index (κ2) is 7.98. The third-order valence-electron chi connectivity index (χ3n) is 5.25. The standard InChI is InChI=1S/C21H24N4O3S2/c1-15-4-9-18-19(14-15)29-21(22-18)25-12-10-24(11-13-25)20(26)16-5-7-17(8-6-16)30(27,28)23(2)3/h4-9,14H,10-13H2,1-3H3. The number of aryl methyl sites for hydroxylation is 1. The Bertz CT molecular complexity index is 1180. The van der Waals surface area contributed by atoms with Gasteiger partial charge in [0.1, 0.15) is 0 Å². The van der Waals surface area contributed by atoms with Crippen molar-refractivity contribution in [2.75, 3.05) is 45.2 Å². The Morgan fingerprint density at radius 2 is 1.70 bits per heavy atom. The van der Waals surface area contributed by atoms with Crippen LogP contribution in [0.4, 0.5) is 5.13 Å². The predicted molar refractivity (Wildman–Crippen MR) is 120 cm³/mol. The van der Waals surface area contributed by atoms with Gasteiger partial charge in [-0.15, -0.1) is 0 Å². The molecule has 2 aromatic carbocycles. The molecule has 0 spiro atoms. The van der Waals surface area contributed by atoms with E-state index in [-0.39, 0.29) is 10.8 Å². The van der Waals surface area contributed by atoms with Gasteiger partial charge in [0.2, 0.25) is 10.0 Å². The van der Waals surface area contributed by atoms with Crippen molar-refractivity contribution in [1.82, 2.24) is 14.2 Å². The molecular formula is C21H24N4O3S2. The maximum atomic E-state index is 12.9. The van der Waals surface area contributed by atoms with Gasteiger partial charge in [-0.1, -0.05) is 17.4 Å². The number of rotatable bonds is 4. The van der Waals surface area contributed by atoms with Gasteiger partial charge in [-0.05, 0) is 48.9 Å². The molecule has 1 aromatic heterocycles. The van der Waals surface area contributed by atoms with Crippen molar-refractivity contribution < 1.29 is 13.2 Å². The fourth-order valence-electron chi connectivity index (χ4n) is 3.42. The lowest BCUT2D eigenvalue weighted by Crippen LogP contribution is -2.48. The van der Waals surface area contributed by atoms with Crippen LogP contribution in [0.1, 0.15) is 15.9 Å². The van der Waals surface area contributed by atoms with Crippen LogP contribution >= 0.6 is 11.3 Å². The Hall–Kier alpha value is -2.49. The number of anilines is 1. The Balaban J connectivity index is 1.42. The maximum Gasteiger partial charge on any atom is 0.253 e. The summed E-state index contributed by atoms with van der Waals surface area (Å²) in [4.78, 5) is 21.8. The van der Waals surface area contributed by atoms with Crippen molar-refractivity contribution in [3.63, 3.8) is 0 Å². The zero-order valence-electron chi connectivity index (χ0n) is 17.2. The fourth-order valence-corrected chi connectivity index (χ4v) is 5.44. The number of aromatic nitrogens is 1. The number of benzene rings is 2. The van der Waals surface area contributed by atoms with Crippen LogP contribution in [0.25, 0.3) is 10.2 Å². The van der Waals surface area contributed by atoms with Crippen LogP contribution in [0.5, 0.6) is 0 Å². The molecule has 1 amide bonds. The average molecular weight is 445 g/mol. The summed E-state index contributed by atoms with van der Waals surface area (Å²) in [6.07, 6.45) is 0. The number of hydrogen-bond donors (Lipinski definition) is 0. The zero-order chi connectivity index (χ0) is 21.5. The van der Waals surface area contributed by atoms with E-state index in [1.807, 2.05) is 11.0 Å². The fraction of sp³-hybridized carbons (Fsp3) is 0.333. The number of carbonyl (C=O) groups is 1. The monoisotopic (exact) mass is 444 g/mol. The molecule has 2 heterocycles. The Morgan fingerprint density at radius 1 is 1.03 bits per heavy atom. The second-order valence-electron chi connectivity index (χ2n) is 7.56. The van der Waals surface area contributed by atoms with Gasteiger partial charge in [0.25, 0.3) is 5.91 Å². The van der Waals surface area contributed by atoms with Gasteiger partial charge in [-0.3, -0.25) is 4.79 Å². The lowest BCUT2D eigenvalue weighted by atomic mass is 10.2. The number of hydrogen-bond acceptors (Lipinski definition) is 6. The number of piperazine rings is 1. The van der Waals surface area contributed by atoms with Crippen molar-refractivity contribution in [2.24, 2.45) is 0 Å². The first-order valence-corrected chi connectivity index (χ1v) is 12.0. The molecule has 0 unspecified atom stereocenters. The lowest BCUT2D eigenvalue weighted by molar-refractivity contribution is 0.0746. The third kappa shape index (κ3) is 3.92. The maximum absolute atomic E-state index is 12.9. The number of sulfonamides is 1. The minimum atomic E-state index is -3.50. The minimum absolute atomic E-state index is 0.0802. The number of fused-ring (bicyclic) bond motifs is 1. The highest BCUT2D eigenvalue weighted by molar-refractivity contribution is 7.89. The number of amides is 1. The van der Waals surface area contributed by atoms with E-state index in [1.165, 1.54) is 36.5 Å². The van der Waals surface area contributed by atoms with Crippen molar-refractivity contribution in [2.45, 2.75) is 11.8 Å². The molecule has 1 saturated heterocycles. The van der Waals surface area contributed by atoms with Crippen LogP contribution in [-0.4, -0.2) is 68.8 Å². The molecule has 3 aromatic rings. The minimum Gasteiger partial charge on any atom is -0.345 e. The summed E-state index contributed by atoms with van der Waals surface area (Å²) in [5.41, 5.74) is 2.72. The van der Waals surface area contributed by atoms with E-state index in [9.17, 15) is 13.2 Å². The molecule has 1 fully saturated rings. The van der Waals surface area contributed by atoms with Gasteiger partial charge in [-0.25, -0.2) is 17.7 Å². The molecule has 158 valence electrons. The van der Waals surface area contributed by atoms with Crippen LogP contribution in [0.2, 0.25) is 0 Å². The van der Waals surface area contributed by atoms with Crippen LogP contribution < -0.4 is 4.90 Å². The number of carbonyl (C=O) groups excluding carboxylic acids is 1. The first-order chi connectivity index (χ1) is 14.3. The van der Waals surface area contributed by atoms with Crippen LogP contribution in [0, 0.1) is 6.92 Å². The number of nitrogens with zero attached hydrogens (tertiary/aromatic N) is 4. The highest BCUT2D eigenvalue weighted by Crippen LogP contribution is 2.30. The number of thiazole rings is 1. The first kappa shape index (κ1) is 20.8. The first-order valence-electron chi connectivity index (χ1n) is 9.70. The molecule has 0 saturated carbocycles. The normalized spacial score (nSPS) is 15.2. The quantitative estimate of drug-likeness (QED) is 0.619. The molecule has 30 heavy (non-hydrogen) atoms. The largest absolute Gasteiger partial charge is 0.345 e. The second-order valence-corrected chi connectivity index (χ2v) is 10.7. The van der Waals surface area contributed by atoms with Crippen LogP contribution in [-0.2, 0) is 10.0 Å². The Labute approximate surface area is 180 Å². The van der Waals surface area contributed by atoms with E-state index in [4.69, 9.17) is 4.98 Å². The van der Waals surface area contributed by atoms with Crippen molar-refractivity contribution >= 4 is 42.6 Å². The van der Waals surface area contributed by atoms with E-state index in [2.05, 4.69) is 24.0 Å². The zero-order valence-corrected chi connectivity index (χ0v) is 18.8. The molecule has 0 atom stereocenters. The summed E-state index contributed by atoms with van der Waals surface area (Å²) in [7, 11) is -0.527. The Morgan fingerprint density at radius 3 is 2.33 bits per heavy atom. The van der Waals surface area contributed by atoms with Gasteiger partial charge in [-0.2, -0.15) is 0 Å². The van der Waals surface area contributed by atoms with Gasteiger partial charge >= 0.3 is 0 Å². The average Bonchev–Trinajstić information content (AvgIpc) is 3.16. The summed E-state index contributed by atoms with van der Waals surface area (Å²) in [6, 6.07) is 12.4. The van der Waals surface area contributed by atoms with E-state index in [0.29, 0.717) is 18.7 Å². The van der Waals surface area contributed by atoms with Crippen molar-refractivity contribution in [3.05, 3.63) is 53.6 Å². The molecule has 0 aliphatic carbocycles. The molecule has 1 aliphatic heterocycles. The highest BCUT2D eigenvalue weighted by atomic mass is 32.2. The van der Waals surface area contributed by atoms with E-state index >= 15 is 0 Å². The van der Waals surface area contributed by atoms with E-state index in [0.717, 1.165) is 28.0 Å². The summed E-state index contributed by atoms with van der Waals surface area (Å²) < 4.78 is 26.7. The van der Waals surface area contributed by atoms with Gasteiger partial charge < -0.3 is 9.80 Å². The SMILES string of the molecule is Cc1ccc2nc(N3CCN(C(=O)c4ccc(S(=O)(=O)N(C)C)cc4)CC3)sc2c1. The predicted octanol–water partition coefficient (Wildman–Crippen LogP) is 2.82. The lowest BCUT2D eigenvalue weighted by Gasteiger charge is -2.34. The summed E-state index contributed by atoms with van der Waals surface area (Å²) in [5, 5.41) is 0.987. The molecule has 0 N–H and O–H groups in total. The van der Waals surface area contributed by atoms with Gasteiger partial charge in [0.15, 0.2) is 5.13 Å². The van der Waals surface area contributed by atoms with Gasteiger partial charge in [0.05, 0.1) is 15.1 Å². The molecule has 1 aliphatic rings. The van der Waals surface area contributed by atoms with Gasteiger partial charge in [0, 0.05) is 45.8 Å². The topological polar surface area (TPSA) is 73.8 Å². The molecule has 0 radical (unpaired) electrons. The molecule has 7 nitrogen and oxygen atoms in total. The molecule has 9 heteroatoms. The molecule has 0 bridgehead atoms. The molecular weight excluding hydrogens is 420 g/mol. The Kier molecular flexibility index (Phi) is 5.52. The van der Waals surface area contributed by atoms with E-state index in [1.54, 1.807) is 23.5 Å². The van der Waals surface area contributed by atoms with Crippen molar-refractivity contribution in [1.29, 1.82) is 0 Å². The smallest absolute Gasteiger partial charge is 0.253 e. The van der Waals surface area contributed by atoms with E-state index < -0.39 is 10.0 Å². The van der Waals surface area contributed by atoms with Crippen LogP contribution in [0.3, 0.4) is 0 Å². The third-order valence-corrected chi connectivity index (χ3v) is 8.16. The van der Waals surface area contributed by atoms with Crippen LogP contribution in [0.15, 0.2) is 47.4 Å². The summed E-state index contributed by atoms with van der Waals surface area (Å²) in [6.45, 7) is 4.72. The summed E-state index contributed by atoms with van der Waals surface area (Å²) >= 11 is 1.68. The molecule has 4 rings (SSSR count). The van der Waals surface area contributed by atoms with Crippen molar-refractivity contribution in [3.8, 4) is 0 Å². The summed E-state index contributed by atoms with van der Waals surface area (Å²) in [5.74, 6) is -0.0802.